The minimum atomic E-state index is -4.14. The van der Waals surface area contributed by atoms with Crippen LogP contribution in [0.25, 0.3) is 0 Å². The standard InChI is InChI=1S/C26H25FN4O5S/c1-16(32)18-5-7-21(8-6-18)28-26(34)30-13-17-11-19(15-30)24-10-9-23(25(33)31(24)14-17)29-37(35,36)22-4-2-3-20(27)12-22/h2-10,12,17,19,29H,11,13-15H2,1H3,(H,28,34). The third-order valence-corrected chi connectivity index (χ3v) is 8.15. The number of hydrogen-bond acceptors (Lipinski definition) is 5. The number of nitrogens with one attached hydrogen (secondary N) is 2. The summed E-state index contributed by atoms with van der Waals surface area (Å²) in [6, 6.07) is 14.1. The molecule has 3 aromatic rings. The van der Waals surface area contributed by atoms with Crippen LogP contribution < -0.4 is 15.6 Å². The Morgan fingerprint density at radius 1 is 1.00 bits per heavy atom. The quantitative estimate of drug-likeness (QED) is 0.494. The van der Waals surface area contributed by atoms with Crippen molar-refractivity contribution in [3.8, 4) is 0 Å². The van der Waals surface area contributed by atoms with E-state index in [9.17, 15) is 27.2 Å². The van der Waals surface area contributed by atoms with Crippen molar-refractivity contribution in [1.82, 2.24) is 9.47 Å². The lowest BCUT2D eigenvalue weighted by Crippen LogP contribution is -2.50. The highest BCUT2D eigenvalue weighted by atomic mass is 32.2. The number of aromatic nitrogens is 1. The molecule has 2 bridgehead atoms. The lowest BCUT2D eigenvalue weighted by atomic mass is 9.83. The fourth-order valence-electron chi connectivity index (χ4n) is 5.02. The number of carbonyl (C=O) groups is 2. The number of benzene rings is 2. The summed E-state index contributed by atoms with van der Waals surface area (Å²) >= 11 is 0. The number of Topliss-reactive ketones (excluding diaryl/α,β-unsaturated/α-hetero) is 1. The minimum Gasteiger partial charge on any atom is -0.324 e. The summed E-state index contributed by atoms with van der Waals surface area (Å²) in [7, 11) is -4.14. The van der Waals surface area contributed by atoms with Crippen LogP contribution in [0.4, 0.5) is 20.6 Å². The first kappa shape index (κ1) is 24.7. The van der Waals surface area contributed by atoms with E-state index in [1.54, 1.807) is 39.8 Å². The Hall–Kier alpha value is -3.99. The molecule has 0 saturated carbocycles. The number of urea groups is 1. The summed E-state index contributed by atoms with van der Waals surface area (Å²) in [5.74, 6) is -0.815. The molecule has 5 rings (SSSR count). The zero-order chi connectivity index (χ0) is 26.3. The van der Waals surface area contributed by atoms with Crippen LogP contribution in [0.5, 0.6) is 0 Å². The SMILES string of the molecule is CC(=O)c1ccc(NC(=O)N2CC3CC(C2)c2ccc(NS(=O)(=O)c4cccc(F)c4)c(=O)n2C3)cc1. The van der Waals surface area contributed by atoms with E-state index in [1.807, 2.05) is 0 Å². The summed E-state index contributed by atoms with van der Waals surface area (Å²) in [6.45, 7) is 2.67. The first-order valence-corrected chi connectivity index (χ1v) is 13.3. The smallest absolute Gasteiger partial charge is 0.321 e. The molecule has 2 N–H and O–H groups in total. The van der Waals surface area contributed by atoms with Gasteiger partial charge in [-0.25, -0.2) is 17.6 Å². The van der Waals surface area contributed by atoms with Crippen LogP contribution in [0.15, 0.2) is 70.4 Å². The Morgan fingerprint density at radius 2 is 1.76 bits per heavy atom. The fraction of sp³-hybridized carbons (Fsp3) is 0.269. The third kappa shape index (κ3) is 4.99. The van der Waals surface area contributed by atoms with Crippen molar-refractivity contribution < 1.29 is 22.4 Å². The van der Waals surface area contributed by atoms with Crippen molar-refractivity contribution in [2.75, 3.05) is 23.1 Å². The van der Waals surface area contributed by atoms with Crippen LogP contribution >= 0.6 is 0 Å². The van der Waals surface area contributed by atoms with Crippen LogP contribution in [0, 0.1) is 11.7 Å². The van der Waals surface area contributed by atoms with Gasteiger partial charge < -0.3 is 14.8 Å². The minimum absolute atomic E-state index is 0.0184. The number of halogens is 1. The molecule has 2 unspecified atom stereocenters. The topological polar surface area (TPSA) is 118 Å². The Morgan fingerprint density at radius 3 is 2.46 bits per heavy atom. The highest BCUT2D eigenvalue weighted by molar-refractivity contribution is 7.92. The number of sulfonamides is 1. The van der Waals surface area contributed by atoms with Gasteiger partial charge in [-0.1, -0.05) is 6.07 Å². The maximum absolute atomic E-state index is 13.5. The molecule has 2 amide bonds. The lowest BCUT2D eigenvalue weighted by Gasteiger charge is -2.42. The molecule has 11 heteroatoms. The van der Waals surface area contributed by atoms with Gasteiger partial charge in [0.2, 0.25) is 0 Å². The van der Waals surface area contributed by atoms with E-state index in [2.05, 4.69) is 10.0 Å². The second-order valence-corrected chi connectivity index (χ2v) is 11.1. The van der Waals surface area contributed by atoms with E-state index in [-0.39, 0.29) is 34.2 Å². The predicted octanol–water partition coefficient (Wildman–Crippen LogP) is 3.64. The van der Waals surface area contributed by atoms with Gasteiger partial charge in [-0.3, -0.25) is 14.3 Å². The molecule has 0 aliphatic carbocycles. The van der Waals surface area contributed by atoms with Crippen molar-refractivity contribution in [1.29, 1.82) is 0 Å². The Bertz CT molecular complexity index is 1550. The molecule has 192 valence electrons. The summed E-state index contributed by atoms with van der Waals surface area (Å²) in [5.41, 5.74) is 1.29. The number of rotatable bonds is 5. The molecule has 2 aromatic carbocycles. The second-order valence-electron chi connectivity index (χ2n) is 9.42. The van der Waals surface area contributed by atoms with E-state index >= 15 is 0 Å². The summed E-state index contributed by atoms with van der Waals surface area (Å²) in [6.07, 6.45) is 0.810. The van der Waals surface area contributed by atoms with E-state index in [0.717, 1.165) is 24.2 Å². The fourth-order valence-corrected chi connectivity index (χ4v) is 6.11. The van der Waals surface area contributed by atoms with Crippen LogP contribution in [0.1, 0.15) is 35.3 Å². The van der Waals surface area contributed by atoms with Crippen LogP contribution in [-0.2, 0) is 16.6 Å². The van der Waals surface area contributed by atoms with Crippen LogP contribution in [-0.4, -0.2) is 42.8 Å². The van der Waals surface area contributed by atoms with E-state index in [1.165, 1.54) is 25.1 Å². The zero-order valence-electron chi connectivity index (χ0n) is 20.0. The van der Waals surface area contributed by atoms with E-state index in [4.69, 9.17) is 0 Å². The number of anilines is 2. The normalized spacial score (nSPS) is 18.6. The Balaban J connectivity index is 1.33. The number of piperidine rings is 1. The van der Waals surface area contributed by atoms with Crippen molar-refractivity contribution in [3.05, 3.63) is 88.1 Å². The molecule has 1 aromatic heterocycles. The molecular weight excluding hydrogens is 499 g/mol. The number of nitrogens with zero attached hydrogens (tertiary/aromatic N) is 2. The maximum Gasteiger partial charge on any atom is 0.321 e. The van der Waals surface area contributed by atoms with Crippen molar-refractivity contribution in [3.63, 3.8) is 0 Å². The number of pyridine rings is 1. The highest BCUT2D eigenvalue weighted by Crippen LogP contribution is 2.36. The van der Waals surface area contributed by atoms with Gasteiger partial charge in [-0.2, -0.15) is 0 Å². The Kier molecular flexibility index (Phi) is 6.32. The van der Waals surface area contributed by atoms with Gasteiger partial charge in [-0.05, 0) is 73.9 Å². The van der Waals surface area contributed by atoms with Gasteiger partial charge in [-0.15, -0.1) is 0 Å². The summed E-state index contributed by atoms with van der Waals surface area (Å²) in [4.78, 5) is 39.0. The Labute approximate surface area is 213 Å². The molecule has 1 saturated heterocycles. The molecule has 0 radical (unpaired) electrons. The molecule has 37 heavy (non-hydrogen) atoms. The second kappa shape index (κ2) is 9.47. The van der Waals surface area contributed by atoms with E-state index in [0.29, 0.717) is 30.9 Å². The number of carbonyl (C=O) groups excluding carboxylic acids is 2. The molecular formula is C26H25FN4O5S. The highest BCUT2D eigenvalue weighted by Gasteiger charge is 2.37. The molecule has 2 aliphatic rings. The molecule has 0 spiro atoms. The summed E-state index contributed by atoms with van der Waals surface area (Å²) < 4.78 is 42.8. The maximum atomic E-state index is 13.5. The van der Waals surface area contributed by atoms with Gasteiger partial charge in [0.25, 0.3) is 15.6 Å². The third-order valence-electron chi connectivity index (χ3n) is 6.78. The van der Waals surface area contributed by atoms with Gasteiger partial charge in [0.1, 0.15) is 11.5 Å². The van der Waals surface area contributed by atoms with Gasteiger partial charge in [0.05, 0.1) is 4.90 Å². The van der Waals surface area contributed by atoms with Crippen LogP contribution in [0.3, 0.4) is 0 Å². The number of ketones is 1. The molecule has 3 heterocycles. The molecule has 2 aliphatic heterocycles. The molecule has 9 nitrogen and oxygen atoms in total. The molecule has 2 atom stereocenters. The summed E-state index contributed by atoms with van der Waals surface area (Å²) in [5, 5.41) is 2.86. The van der Waals surface area contributed by atoms with Crippen molar-refractivity contribution in [2.45, 2.75) is 30.7 Å². The molecule has 1 fully saturated rings. The number of likely N-dealkylation sites (tertiary alicyclic amines) is 1. The van der Waals surface area contributed by atoms with E-state index < -0.39 is 21.4 Å². The van der Waals surface area contributed by atoms with Crippen LogP contribution in [0.2, 0.25) is 0 Å². The van der Waals surface area contributed by atoms with Crippen molar-refractivity contribution >= 4 is 33.2 Å². The number of fused-ring (bicyclic) bond motifs is 4. The number of hydrogen-bond donors (Lipinski definition) is 2. The van der Waals surface area contributed by atoms with Gasteiger partial charge in [0.15, 0.2) is 5.78 Å². The zero-order valence-corrected chi connectivity index (χ0v) is 20.8. The van der Waals surface area contributed by atoms with Gasteiger partial charge in [0, 0.05) is 42.5 Å². The largest absolute Gasteiger partial charge is 0.324 e. The first-order valence-electron chi connectivity index (χ1n) is 11.8. The average molecular weight is 525 g/mol. The number of amides is 2. The average Bonchev–Trinajstić information content (AvgIpc) is 2.86. The lowest BCUT2D eigenvalue weighted by molar-refractivity contribution is 0.101. The van der Waals surface area contributed by atoms with Crippen molar-refractivity contribution in [2.24, 2.45) is 5.92 Å². The monoisotopic (exact) mass is 524 g/mol. The van der Waals surface area contributed by atoms with Gasteiger partial charge >= 0.3 is 6.03 Å². The predicted molar refractivity (Wildman–Crippen MR) is 136 cm³/mol. The first-order chi connectivity index (χ1) is 17.6.